The van der Waals surface area contributed by atoms with Crippen molar-refractivity contribution in [2.24, 2.45) is 0 Å². The molecule has 0 aliphatic heterocycles. The van der Waals surface area contributed by atoms with Crippen LogP contribution in [0.15, 0.2) is 54.9 Å². The van der Waals surface area contributed by atoms with Crippen LogP contribution >= 0.6 is 0 Å². The first-order valence-corrected chi connectivity index (χ1v) is 7.78. The van der Waals surface area contributed by atoms with E-state index in [0.29, 0.717) is 6.42 Å². The van der Waals surface area contributed by atoms with Gasteiger partial charge in [0.1, 0.15) is 12.4 Å². The van der Waals surface area contributed by atoms with Crippen molar-refractivity contribution in [2.75, 3.05) is 5.32 Å². The number of tetrazole rings is 1. The predicted octanol–water partition coefficient (Wildman–Crippen LogP) is 2.71. The lowest BCUT2D eigenvalue weighted by atomic mass is 10.0. The molecule has 122 valence electrons. The van der Waals surface area contributed by atoms with Gasteiger partial charge in [-0.05, 0) is 53.1 Å². The minimum atomic E-state index is -0.510. The maximum atomic E-state index is 12.8. The van der Waals surface area contributed by atoms with Gasteiger partial charge in [0.15, 0.2) is 0 Å². The van der Waals surface area contributed by atoms with Crippen LogP contribution in [0, 0.1) is 13.8 Å². The molecule has 0 fully saturated rings. The summed E-state index contributed by atoms with van der Waals surface area (Å²) in [4.78, 5) is 12.8. The first kappa shape index (κ1) is 15.9. The van der Waals surface area contributed by atoms with Crippen molar-refractivity contribution in [3.63, 3.8) is 0 Å². The molecule has 0 saturated heterocycles. The van der Waals surface area contributed by atoms with Gasteiger partial charge in [-0.15, -0.1) is 5.10 Å². The number of benzene rings is 2. The van der Waals surface area contributed by atoms with Gasteiger partial charge in [-0.1, -0.05) is 36.4 Å². The Labute approximate surface area is 140 Å². The second-order valence-electron chi connectivity index (χ2n) is 5.78. The standard InChI is InChI=1S/C18H19N5O/c1-13-8-9-16(10-14(13)2)20-18(24)17(23-12-19-21-22-23)11-15-6-4-3-5-7-15/h3-10,12,17H,11H2,1-2H3,(H,20,24)/t17-/m0/s1. The number of nitrogens with one attached hydrogen (secondary N) is 1. The first-order valence-electron chi connectivity index (χ1n) is 7.78. The van der Waals surface area contributed by atoms with Crippen LogP contribution in [0.3, 0.4) is 0 Å². The van der Waals surface area contributed by atoms with Crippen LogP contribution in [-0.2, 0) is 11.2 Å². The zero-order valence-corrected chi connectivity index (χ0v) is 13.7. The van der Waals surface area contributed by atoms with Crippen LogP contribution in [-0.4, -0.2) is 26.1 Å². The summed E-state index contributed by atoms with van der Waals surface area (Å²) in [5.74, 6) is -0.144. The Morgan fingerprint density at radius 3 is 2.58 bits per heavy atom. The van der Waals surface area contributed by atoms with E-state index in [2.05, 4.69) is 20.8 Å². The molecule has 3 aromatic rings. The third-order valence-electron chi connectivity index (χ3n) is 4.03. The molecule has 1 N–H and O–H groups in total. The normalized spacial score (nSPS) is 11.9. The SMILES string of the molecule is Cc1ccc(NC(=O)[C@H](Cc2ccccc2)n2cnnn2)cc1C. The molecular formula is C18H19N5O. The lowest BCUT2D eigenvalue weighted by Gasteiger charge is -2.17. The van der Waals surface area contributed by atoms with Crippen molar-refractivity contribution in [2.45, 2.75) is 26.3 Å². The summed E-state index contributed by atoms with van der Waals surface area (Å²) in [7, 11) is 0. The number of hydrogen-bond acceptors (Lipinski definition) is 4. The fourth-order valence-electron chi connectivity index (χ4n) is 2.50. The van der Waals surface area contributed by atoms with Crippen LogP contribution in [0.1, 0.15) is 22.7 Å². The number of amides is 1. The Kier molecular flexibility index (Phi) is 4.65. The second kappa shape index (κ2) is 7.04. The molecule has 1 aromatic heterocycles. The van der Waals surface area contributed by atoms with Crippen LogP contribution in [0.5, 0.6) is 0 Å². The number of carbonyl (C=O) groups is 1. The number of anilines is 1. The molecule has 0 aliphatic carbocycles. The molecule has 0 aliphatic rings. The van der Waals surface area contributed by atoms with Gasteiger partial charge in [0, 0.05) is 12.1 Å². The molecule has 1 amide bonds. The van der Waals surface area contributed by atoms with Crippen LogP contribution < -0.4 is 5.32 Å². The monoisotopic (exact) mass is 321 g/mol. The molecule has 24 heavy (non-hydrogen) atoms. The summed E-state index contributed by atoms with van der Waals surface area (Å²) >= 11 is 0. The molecule has 6 nitrogen and oxygen atoms in total. The van der Waals surface area contributed by atoms with Crippen molar-refractivity contribution in [3.05, 3.63) is 71.5 Å². The summed E-state index contributed by atoms with van der Waals surface area (Å²) in [5, 5.41) is 14.2. The molecule has 3 rings (SSSR count). The van der Waals surface area contributed by atoms with Gasteiger partial charge < -0.3 is 5.32 Å². The summed E-state index contributed by atoms with van der Waals surface area (Å²) < 4.78 is 1.49. The second-order valence-corrected chi connectivity index (χ2v) is 5.78. The highest BCUT2D eigenvalue weighted by molar-refractivity contribution is 5.93. The van der Waals surface area contributed by atoms with E-state index in [-0.39, 0.29) is 5.91 Å². The molecule has 0 radical (unpaired) electrons. The van der Waals surface area contributed by atoms with Gasteiger partial charge in [0.25, 0.3) is 0 Å². The maximum Gasteiger partial charge on any atom is 0.249 e. The topological polar surface area (TPSA) is 72.7 Å². The summed E-state index contributed by atoms with van der Waals surface area (Å²) in [5.41, 5.74) is 4.15. The van der Waals surface area contributed by atoms with Crippen molar-refractivity contribution >= 4 is 11.6 Å². The van der Waals surface area contributed by atoms with E-state index in [0.717, 1.165) is 16.8 Å². The van der Waals surface area contributed by atoms with E-state index in [4.69, 9.17) is 0 Å². The Balaban J connectivity index is 1.82. The number of carbonyl (C=O) groups excluding carboxylic acids is 1. The first-order chi connectivity index (χ1) is 11.6. The zero-order valence-electron chi connectivity index (χ0n) is 13.7. The summed E-state index contributed by atoms with van der Waals surface area (Å²) in [6.45, 7) is 4.06. The molecule has 0 saturated carbocycles. The quantitative estimate of drug-likeness (QED) is 0.784. The zero-order chi connectivity index (χ0) is 16.9. The summed E-state index contributed by atoms with van der Waals surface area (Å²) in [6, 6.07) is 15.2. The molecule has 6 heteroatoms. The number of aromatic nitrogens is 4. The molecule has 0 unspecified atom stereocenters. The molecule has 0 spiro atoms. The lowest BCUT2D eigenvalue weighted by Crippen LogP contribution is -2.28. The third kappa shape index (κ3) is 3.65. The fourth-order valence-corrected chi connectivity index (χ4v) is 2.50. The maximum absolute atomic E-state index is 12.8. The van der Waals surface area contributed by atoms with Gasteiger partial charge in [0.2, 0.25) is 5.91 Å². The number of nitrogens with zero attached hydrogens (tertiary/aromatic N) is 4. The van der Waals surface area contributed by atoms with Gasteiger partial charge in [0.05, 0.1) is 0 Å². The lowest BCUT2D eigenvalue weighted by molar-refractivity contribution is -0.119. The third-order valence-corrected chi connectivity index (χ3v) is 4.03. The number of hydrogen-bond donors (Lipinski definition) is 1. The molecular weight excluding hydrogens is 302 g/mol. The van der Waals surface area contributed by atoms with Gasteiger partial charge in [-0.2, -0.15) is 0 Å². The van der Waals surface area contributed by atoms with E-state index in [1.165, 1.54) is 16.6 Å². The van der Waals surface area contributed by atoms with Crippen molar-refractivity contribution in [1.82, 2.24) is 20.2 Å². The van der Waals surface area contributed by atoms with E-state index in [9.17, 15) is 4.79 Å². The van der Waals surface area contributed by atoms with Crippen molar-refractivity contribution < 1.29 is 4.79 Å². The van der Waals surface area contributed by atoms with Crippen LogP contribution in [0.2, 0.25) is 0 Å². The van der Waals surface area contributed by atoms with Crippen molar-refractivity contribution in [1.29, 1.82) is 0 Å². The minimum Gasteiger partial charge on any atom is -0.324 e. The molecule has 0 bridgehead atoms. The highest BCUT2D eigenvalue weighted by Crippen LogP contribution is 2.18. The Hall–Kier alpha value is -3.02. The highest BCUT2D eigenvalue weighted by Gasteiger charge is 2.22. The largest absolute Gasteiger partial charge is 0.324 e. The Morgan fingerprint density at radius 2 is 1.92 bits per heavy atom. The summed E-state index contributed by atoms with van der Waals surface area (Å²) in [6.07, 6.45) is 1.98. The van der Waals surface area contributed by atoms with Crippen molar-refractivity contribution in [3.8, 4) is 0 Å². The number of rotatable bonds is 5. The number of aryl methyl sites for hydroxylation is 2. The van der Waals surface area contributed by atoms with Gasteiger partial charge in [-0.3, -0.25) is 4.79 Å². The minimum absolute atomic E-state index is 0.144. The van der Waals surface area contributed by atoms with Gasteiger partial charge >= 0.3 is 0 Å². The predicted molar refractivity (Wildman–Crippen MR) is 91.5 cm³/mol. The smallest absolute Gasteiger partial charge is 0.249 e. The molecule has 1 atom stereocenters. The van der Waals surface area contributed by atoms with Crippen LogP contribution in [0.25, 0.3) is 0 Å². The Bertz CT molecular complexity index is 815. The van der Waals surface area contributed by atoms with E-state index in [1.807, 2.05) is 62.4 Å². The Morgan fingerprint density at radius 1 is 1.12 bits per heavy atom. The average molecular weight is 321 g/mol. The molecule has 2 aromatic carbocycles. The van der Waals surface area contributed by atoms with E-state index < -0.39 is 6.04 Å². The average Bonchev–Trinajstić information content (AvgIpc) is 3.11. The highest BCUT2D eigenvalue weighted by atomic mass is 16.2. The molecule has 1 heterocycles. The van der Waals surface area contributed by atoms with E-state index in [1.54, 1.807) is 0 Å². The fraction of sp³-hybridized carbons (Fsp3) is 0.222. The van der Waals surface area contributed by atoms with Crippen LogP contribution in [0.4, 0.5) is 5.69 Å². The van der Waals surface area contributed by atoms with E-state index >= 15 is 0 Å². The van der Waals surface area contributed by atoms with Gasteiger partial charge in [-0.25, -0.2) is 4.68 Å².